The van der Waals surface area contributed by atoms with Gasteiger partial charge in [0.05, 0.1) is 23.3 Å². The van der Waals surface area contributed by atoms with Gasteiger partial charge in [0.2, 0.25) is 0 Å². The average molecular weight is 284 g/mol. The minimum absolute atomic E-state index is 0.676. The van der Waals surface area contributed by atoms with Gasteiger partial charge in [0.15, 0.2) is 0 Å². The summed E-state index contributed by atoms with van der Waals surface area (Å²) < 4.78 is 0. The predicted molar refractivity (Wildman–Crippen MR) is 79.9 cm³/mol. The van der Waals surface area contributed by atoms with Crippen molar-refractivity contribution >= 4 is 17.2 Å². The zero-order chi connectivity index (χ0) is 14.1. The molecule has 0 saturated heterocycles. The standard InChI is InChI=1S/C15H16N4S/c1-10-14(20-9-17-10)8-19(2)15-12(7-16)6-11-4-3-5-13(11)18-15/h6,9H,3-5,8H2,1-2H3. The maximum absolute atomic E-state index is 9.35. The molecule has 2 heterocycles. The minimum Gasteiger partial charge on any atom is -0.353 e. The number of hydrogen-bond acceptors (Lipinski definition) is 5. The molecular weight excluding hydrogens is 268 g/mol. The molecule has 2 aromatic rings. The Hall–Kier alpha value is -1.93. The van der Waals surface area contributed by atoms with E-state index in [2.05, 4.69) is 16.0 Å². The maximum Gasteiger partial charge on any atom is 0.146 e. The Morgan fingerprint density at radius 2 is 2.30 bits per heavy atom. The summed E-state index contributed by atoms with van der Waals surface area (Å²) in [6, 6.07) is 4.30. The number of aromatic nitrogens is 2. The maximum atomic E-state index is 9.35. The number of anilines is 1. The number of nitriles is 1. The number of hydrogen-bond donors (Lipinski definition) is 0. The third-order valence-corrected chi connectivity index (χ3v) is 4.66. The molecular formula is C15H16N4S. The minimum atomic E-state index is 0.676. The fourth-order valence-corrected chi connectivity index (χ4v) is 3.43. The van der Waals surface area contributed by atoms with Gasteiger partial charge in [0.1, 0.15) is 11.9 Å². The molecule has 0 aromatic carbocycles. The van der Waals surface area contributed by atoms with Gasteiger partial charge in [-0.25, -0.2) is 9.97 Å². The molecule has 0 bridgehead atoms. The van der Waals surface area contributed by atoms with E-state index >= 15 is 0 Å². The van der Waals surface area contributed by atoms with Gasteiger partial charge in [0, 0.05) is 17.6 Å². The lowest BCUT2D eigenvalue weighted by Crippen LogP contribution is -2.19. The molecule has 20 heavy (non-hydrogen) atoms. The van der Waals surface area contributed by atoms with Gasteiger partial charge < -0.3 is 4.90 Å². The average Bonchev–Trinajstić information content (AvgIpc) is 3.06. The van der Waals surface area contributed by atoms with Gasteiger partial charge >= 0.3 is 0 Å². The highest BCUT2D eigenvalue weighted by molar-refractivity contribution is 7.09. The third-order valence-electron chi connectivity index (χ3n) is 3.74. The van der Waals surface area contributed by atoms with Gasteiger partial charge in [-0.05, 0) is 37.8 Å². The first-order valence-electron chi connectivity index (χ1n) is 6.72. The Labute approximate surface area is 122 Å². The van der Waals surface area contributed by atoms with Crippen molar-refractivity contribution in [1.29, 1.82) is 5.26 Å². The molecule has 0 fully saturated rings. The first-order valence-corrected chi connectivity index (χ1v) is 7.60. The van der Waals surface area contributed by atoms with Crippen molar-refractivity contribution in [2.75, 3.05) is 11.9 Å². The first kappa shape index (κ1) is 13.1. The number of aryl methyl sites for hydroxylation is 3. The molecule has 0 saturated carbocycles. The van der Waals surface area contributed by atoms with Crippen LogP contribution in [0.5, 0.6) is 0 Å². The van der Waals surface area contributed by atoms with Crippen LogP contribution in [0.4, 0.5) is 5.82 Å². The molecule has 4 nitrogen and oxygen atoms in total. The van der Waals surface area contributed by atoms with Crippen molar-refractivity contribution < 1.29 is 0 Å². The van der Waals surface area contributed by atoms with Crippen molar-refractivity contribution in [3.63, 3.8) is 0 Å². The Morgan fingerprint density at radius 1 is 1.45 bits per heavy atom. The summed E-state index contributed by atoms with van der Waals surface area (Å²) in [4.78, 5) is 12.3. The Morgan fingerprint density at radius 3 is 3.00 bits per heavy atom. The molecule has 1 aliphatic carbocycles. The molecule has 0 atom stereocenters. The fourth-order valence-electron chi connectivity index (χ4n) is 2.60. The molecule has 0 aliphatic heterocycles. The van der Waals surface area contributed by atoms with Crippen molar-refractivity contribution in [2.24, 2.45) is 0 Å². The number of thiazole rings is 1. The van der Waals surface area contributed by atoms with E-state index in [4.69, 9.17) is 4.98 Å². The Balaban J connectivity index is 1.93. The number of nitrogens with zero attached hydrogens (tertiary/aromatic N) is 4. The summed E-state index contributed by atoms with van der Waals surface area (Å²) in [5, 5.41) is 9.35. The lowest BCUT2D eigenvalue weighted by Gasteiger charge is -2.19. The lowest BCUT2D eigenvalue weighted by molar-refractivity contribution is 0.874. The number of rotatable bonds is 3. The van der Waals surface area contributed by atoms with Crippen LogP contribution in [0.3, 0.4) is 0 Å². The van der Waals surface area contributed by atoms with Crippen LogP contribution in [-0.4, -0.2) is 17.0 Å². The number of pyridine rings is 1. The van der Waals surface area contributed by atoms with Gasteiger partial charge in [0.25, 0.3) is 0 Å². The van der Waals surface area contributed by atoms with E-state index in [1.165, 1.54) is 10.4 Å². The molecule has 0 radical (unpaired) electrons. The topological polar surface area (TPSA) is 52.8 Å². The highest BCUT2D eigenvalue weighted by Gasteiger charge is 2.19. The van der Waals surface area contributed by atoms with Gasteiger partial charge in [-0.2, -0.15) is 5.26 Å². The van der Waals surface area contributed by atoms with E-state index in [9.17, 15) is 5.26 Å². The Bertz CT molecular complexity index is 684. The largest absolute Gasteiger partial charge is 0.353 e. The molecule has 102 valence electrons. The van der Waals surface area contributed by atoms with E-state index in [0.717, 1.165) is 43.0 Å². The van der Waals surface area contributed by atoms with Crippen LogP contribution in [0.2, 0.25) is 0 Å². The quantitative estimate of drug-likeness (QED) is 0.869. The van der Waals surface area contributed by atoms with E-state index < -0.39 is 0 Å². The second-order valence-electron chi connectivity index (χ2n) is 5.15. The second-order valence-corrected chi connectivity index (χ2v) is 6.09. The molecule has 5 heteroatoms. The van der Waals surface area contributed by atoms with Gasteiger partial charge in [-0.1, -0.05) is 0 Å². The van der Waals surface area contributed by atoms with Crippen molar-refractivity contribution in [3.05, 3.63) is 39.0 Å². The molecule has 0 spiro atoms. The highest BCUT2D eigenvalue weighted by Crippen LogP contribution is 2.27. The van der Waals surface area contributed by atoms with Crippen LogP contribution < -0.4 is 4.90 Å². The number of fused-ring (bicyclic) bond motifs is 1. The van der Waals surface area contributed by atoms with E-state index in [0.29, 0.717) is 5.56 Å². The molecule has 0 amide bonds. The zero-order valence-corrected chi connectivity index (χ0v) is 12.5. The van der Waals surface area contributed by atoms with Gasteiger partial charge in [-0.3, -0.25) is 0 Å². The smallest absolute Gasteiger partial charge is 0.146 e. The van der Waals surface area contributed by atoms with Crippen LogP contribution in [0.25, 0.3) is 0 Å². The molecule has 0 N–H and O–H groups in total. The van der Waals surface area contributed by atoms with Crippen molar-refractivity contribution in [2.45, 2.75) is 32.7 Å². The monoisotopic (exact) mass is 284 g/mol. The van der Waals surface area contributed by atoms with Crippen molar-refractivity contribution in [3.8, 4) is 6.07 Å². The van der Waals surface area contributed by atoms with Gasteiger partial charge in [-0.15, -0.1) is 11.3 Å². The summed E-state index contributed by atoms with van der Waals surface area (Å²) in [6.07, 6.45) is 3.23. The highest BCUT2D eigenvalue weighted by atomic mass is 32.1. The van der Waals surface area contributed by atoms with E-state index in [1.54, 1.807) is 11.3 Å². The van der Waals surface area contributed by atoms with Crippen LogP contribution in [0.1, 0.15) is 33.8 Å². The normalized spacial score (nSPS) is 13.1. The van der Waals surface area contributed by atoms with E-state index in [-0.39, 0.29) is 0 Å². The zero-order valence-electron chi connectivity index (χ0n) is 11.7. The van der Waals surface area contributed by atoms with Crippen LogP contribution in [0.15, 0.2) is 11.6 Å². The molecule has 0 unspecified atom stereocenters. The third kappa shape index (κ3) is 2.27. The summed E-state index contributed by atoms with van der Waals surface area (Å²) in [5.41, 5.74) is 6.00. The fraction of sp³-hybridized carbons (Fsp3) is 0.400. The second kappa shape index (κ2) is 5.22. The van der Waals surface area contributed by atoms with Crippen LogP contribution in [-0.2, 0) is 19.4 Å². The van der Waals surface area contributed by atoms with Crippen molar-refractivity contribution in [1.82, 2.24) is 9.97 Å². The summed E-state index contributed by atoms with van der Waals surface area (Å²) >= 11 is 1.65. The van der Waals surface area contributed by atoms with Crippen LogP contribution in [0, 0.1) is 18.3 Å². The SMILES string of the molecule is Cc1ncsc1CN(C)c1nc2c(cc1C#N)CCC2. The lowest BCUT2D eigenvalue weighted by atomic mass is 10.1. The van der Waals surface area contributed by atoms with E-state index in [1.807, 2.05) is 25.5 Å². The molecule has 2 aromatic heterocycles. The molecule has 3 rings (SSSR count). The summed E-state index contributed by atoms with van der Waals surface area (Å²) in [5.74, 6) is 0.793. The molecule has 1 aliphatic rings. The first-order chi connectivity index (χ1) is 9.69. The summed E-state index contributed by atoms with van der Waals surface area (Å²) in [6.45, 7) is 2.76. The summed E-state index contributed by atoms with van der Waals surface area (Å²) in [7, 11) is 1.99. The predicted octanol–water partition coefficient (Wildman–Crippen LogP) is 2.84. The van der Waals surface area contributed by atoms with Crippen LogP contribution >= 0.6 is 11.3 Å². The Kier molecular flexibility index (Phi) is 3.41.